The first kappa shape index (κ1) is 27.2. The van der Waals surface area contributed by atoms with Gasteiger partial charge in [-0.15, -0.1) is 6.58 Å². The number of benzene rings is 2. The van der Waals surface area contributed by atoms with E-state index in [1.54, 1.807) is 36.4 Å². The van der Waals surface area contributed by atoms with Crippen molar-refractivity contribution in [2.24, 2.45) is 5.92 Å². The highest BCUT2D eigenvalue weighted by molar-refractivity contribution is 6.29. The molecule has 11 heteroatoms. The van der Waals surface area contributed by atoms with E-state index in [0.717, 1.165) is 16.0 Å². The largest absolute Gasteiger partial charge is 0.460 e. The van der Waals surface area contributed by atoms with E-state index in [4.69, 9.17) is 37.4 Å². The summed E-state index contributed by atoms with van der Waals surface area (Å²) in [5, 5.41) is 2.50. The summed E-state index contributed by atoms with van der Waals surface area (Å²) in [5.74, 6) is -2.39. The van der Waals surface area contributed by atoms with E-state index in [0.29, 0.717) is 12.2 Å². The molecule has 2 aromatic rings. The maximum absolute atomic E-state index is 12.6. The van der Waals surface area contributed by atoms with Crippen molar-refractivity contribution in [3.05, 3.63) is 78.4 Å². The molecule has 1 heterocycles. The zero-order valence-electron chi connectivity index (χ0n) is 19.0. The van der Waals surface area contributed by atoms with E-state index < -0.39 is 40.7 Å². The molecule has 0 saturated carbocycles. The van der Waals surface area contributed by atoms with E-state index >= 15 is 0 Å². The van der Waals surface area contributed by atoms with E-state index in [2.05, 4.69) is 11.9 Å². The van der Waals surface area contributed by atoms with Crippen molar-refractivity contribution in [2.45, 2.75) is 30.3 Å². The van der Waals surface area contributed by atoms with Gasteiger partial charge in [0.25, 0.3) is 12.4 Å². The van der Waals surface area contributed by atoms with Crippen LogP contribution in [-0.2, 0) is 41.9 Å². The van der Waals surface area contributed by atoms with Gasteiger partial charge in [-0.1, -0.05) is 71.7 Å². The van der Waals surface area contributed by atoms with Gasteiger partial charge in [0.2, 0.25) is 5.91 Å². The molecule has 3 rings (SSSR count). The Morgan fingerprint density at radius 3 is 2.36 bits per heavy atom. The second-order valence-corrected chi connectivity index (χ2v) is 8.64. The van der Waals surface area contributed by atoms with Crippen LogP contribution in [0.1, 0.15) is 11.1 Å². The Morgan fingerprint density at radius 1 is 1.08 bits per heavy atom. The molecule has 2 aromatic carbocycles. The minimum atomic E-state index is -1.14. The lowest BCUT2D eigenvalue weighted by Gasteiger charge is -2.47. The van der Waals surface area contributed by atoms with Gasteiger partial charge in [0.1, 0.15) is 41.9 Å². The van der Waals surface area contributed by atoms with Crippen molar-refractivity contribution >= 4 is 47.5 Å². The number of hydrogen-bond acceptors (Lipinski definition) is 7. The fourth-order valence-electron chi connectivity index (χ4n) is 3.38. The molecule has 9 nitrogen and oxygen atoms in total. The number of carbonyl (C=O) groups is 4. The lowest BCUT2D eigenvalue weighted by Crippen LogP contribution is -2.71. The Bertz CT molecular complexity index is 1080. The summed E-state index contributed by atoms with van der Waals surface area (Å²) in [5.41, 5.74) is -0.569. The van der Waals surface area contributed by atoms with Crippen molar-refractivity contribution < 1.29 is 33.4 Å². The van der Waals surface area contributed by atoms with Gasteiger partial charge in [0.05, 0.1) is 6.61 Å². The van der Waals surface area contributed by atoms with Crippen LogP contribution in [0.25, 0.3) is 0 Å². The van der Waals surface area contributed by atoms with E-state index in [1.807, 2.05) is 18.2 Å². The van der Waals surface area contributed by atoms with E-state index in [1.165, 1.54) is 6.08 Å². The average molecular weight is 535 g/mol. The molecule has 1 N–H and O–H groups in total. The smallest absolute Gasteiger partial charge is 0.316 e. The molecule has 0 bridgehead atoms. The fraction of sp³-hybridized carbons (Fsp3) is 0.280. The fourth-order valence-corrected chi connectivity index (χ4v) is 4.25. The van der Waals surface area contributed by atoms with Gasteiger partial charge in [-0.25, -0.2) is 0 Å². The molecule has 0 radical (unpaired) electrons. The average Bonchev–Trinajstić information content (AvgIpc) is 2.88. The molecule has 1 saturated heterocycles. The number of rotatable bonds is 13. The van der Waals surface area contributed by atoms with Crippen molar-refractivity contribution in [1.82, 2.24) is 10.2 Å². The SMILES string of the molecule is C=CC(C(=O)OCc1ccccc1)C(Cl)N1C(=O)C(NC(=O)COCc2ccc(OC=O)cc2)C1Cl. The van der Waals surface area contributed by atoms with Crippen LogP contribution in [0.15, 0.2) is 67.3 Å². The van der Waals surface area contributed by atoms with Crippen LogP contribution in [0.5, 0.6) is 5.75 Å². The second-order valence-electron chi connectivity index (χ2n) is 7.74. The van der Waals surface area contributed by atoms with Crippen LogP contribution in [0.2, 0.25) is 0 Å². The zero-order valence-corrected chi connectivity index (χ0v) is 20.6. The first-order valence-corrected chi connectivity index (χ1v) is 11.7. The van der Waals surface area contributed by atoms with Gasteiger partial charge >= 0.3 is 5.97 Å². The predicted octanol–water partition coefficient (Wildman–Crippen LogP) is 2.74. The lowest BCUT2D eigenvalue weighted by atomic mass is 10.0. The molecule has 36 heavy (non-hydrogen) atoms. The summed E-state index contributed by atoms with van der Waals surface area (Å²) in [6.45, 7) is 3.79. The monoisotopic (exact) mass is 534 g/mol. The summed E-state index contributed by atoms with van der Waals surface area (Å²) in [6.07, 6.45) is 1.29. The third-order valence-electron chi connectivity index (χ3n) is 5.30. The Labute approximate surface area is 217 Å². The summed E-state index contributed by atoms with van der Waals surface area (Å²) in [7, 11) is 0. The highest BCUT2D eigenvalue weighted by atomic mass is 35.5. The number of likely N-dealkylation sites (tertiary alicyclic amines) is 1. The van der Waals surface area contributed by atoms with Gasteiger partial charge in [-0.2, -0.15) is 0 Å². The zero-order chi connectivity index (χ0) is 26.1. The van der Waals surface area contributed by atoms with Crippen molar-refractivity contribution in [3.63, 3.8) is 0 Å². The third-order valence-corrected chi connectivity index (χ3v) is 6.24. The standard InChI is InChI=1S/C25H24Cl2N2O7/c1-2-19(25(33)35-13-16-6-4-3-5-7-16)22(26)29-23(27)21(24(29)32)28-20(31)14-34-12-17-8-10-18(11-9-17)36-15-30/h2-11,15,19,21-23H,1,12-14H2,(H,28,31). The van der Waals surface area contributed by atoms with Crippen LogP contribution < -0.4 is 10.1 Å². The van der Waals surface area contributed by atoms with Crippen LogP contribution >= 0.6 is 23.2 Å². The van der Waals surface area contributed by atoms with E-state index in [-0.39, 0.29) is 19.8 Å². The number of alkyl halides is 2. The Kier molecular flexibility index (Phi) is 9.86. The molecular formula is C25H24Cl2N2O7. The molecule has 4 atom stereocenters. The normalized spacial score (nSPS) is 18.4. The number of amides is 2. The topological polar surface area (TPSA) is 111 Å². The first-order valence-electron chi connectivity index (χ1n) is 10.9. The minimum absolute atomic E-state index is 0.0429. The van der Waals surface area contributed by atoms with Crippen molar-refractivity contribution in [3.8, 4) is 5.75 Å². The second kappa shape index (κ2) is 13.1. The minimum Gasteiger partial charge on any atom is -0.460 e. The summed E-state index contributed by atoms with van der Waals surface area (Å²) >= 11 is 12.7. The molecule has 1 aliphatic rings. The Hall–Kier alpha value is -3.40. The third kappa shape index (κ3) is 6.84. The quantitative estimate of drug-likeness (QED) is 0.105. The highest BCUT2D eigenvalue weighted by Crippen LogP contribution is 2.32. The molecule has 0 aliphatic carbocycles. The predicted molar refractivity (Wildman–Crippen MR) is 131 cm³/mol. The maximum atomic E-state index is 12.6. The number of ether oxygens (including phenoxy) is 3. The number of halogens is 2. The number of nitrogens with one attached hydrogen (secondary N) is 1. The van der Waals surface area contributed by atoms with Gasteiger partial charge in [0.15, 0.2) is 0 Å². The number of esters is 1. The van der Waals surface area contributed by atoms with Crippen LogP contribution in [-0.4, -0.2) is 52.8 Å². The maximum Gasteiger partial charge on any atom is 0.316 e. The van der Waals surface area contributed by atoms with Gasteiger partial charge in [-0.3, -0.25) is 19.2 Å². The molecular weight excluding hydrogens is 511 g/mol. The molecule has 2 amide bonds. The molecule has 190 valence electrons. The highest BCUT2D eigenvalue weighted by Gasteiger charge is 2.52. The molecule has 1 fully saturated rings. The van der Waals surface area contributed by atoms with Gasteiger partial charge in [0, 0.05) is 0 Å². The van der Waals surface area contributed by atoms with Gasteiger partial charge < -0.3 is 24.4 Å². The van der Waals surface area contributed by atoms with Crippen LogP contribution in [0, 0.1) is 5.92 Å². The van der Waals surface area contributed by atoms with Crippen LogP contribution in [0.3, 0.4) is 0 Å². The number of hydrogen-bond donors (Lipinski definition) is 1. The first-order chi connectivity index (χ1) is 17.3. The number of nitrogens with zero attached hydrogens (tertiary/aromatic N) is 1. The van der Waals surface area contributed by atoms with E-state index in [9.17, 15) is 19.2 Å². The molecule has 1 aliphatic heterocycles. The molecule has 0 aromatic heterocycles. The van der Waals surface area contributed by atoms with Crippen molar-refractivity contribution in [2.75, 3.05) is 6.61 Å². The summed E-state index contributed by atoms with van der Waals surface area (Å²) in [4.78, 5) is 48.8. The summed E-state index contributed by atoms with van der Waals surface area (Å²) < 4.78 is 15.4. The molecule has 4 unspecified atom stereocenters. The molecule has 0 spiro atoms. The summed E-state index contributed by atoms with van der Waals surface area (Å²) in [6, 6.07) is 14.6. The lowest BCUT2D eigenvalue weighted by molar-refractivity contribution is -0.157. The van der Waals surface area contributed by atoms with Gasteiger partial charge in [-0.05, 0) is 23.3 Å². The number of β-lactam (4-membered cyclic amide) rings is 1. The number of carbonyl (C=O) groups excluding carboxylic acids is 4. The van der Waals surface area contributed by atoms with Crippen molar-refractivity contribution in [1.29, 1.82) is 0 Å². The Morgan fingerprint density at radius 2 is 1.75 bits per heavy atom. The Balaban J connectivity index is 1.45. The van der Waals surface area contributed by atoms with Crippen LogP contribution in [0.4, 0.5) is 0 Å².